The predicted octanol–water partition coefficient (Wildman–Crippen LogP) is 6.45. The molecule has 4 aromatic rings. The van der Waals surface area contributed by atoms with Crippen LogP contribution < -0.4 is 4.90 Å². The molecule has 4 atom stereocenters. The lowest BCUT2D eigenvalue weighted by Gasteiger charge is -2.30. The summed E-state index contributed by atoms with van der Waals surface area (Å²) in [6.07, 6.45) is 8.20. The van der Waals surface area contributed by atoms with Crippen molar-refractivity contribution < 1.29 is 20.5 Å². The molecule has 1 heterocycles. The van der Waals surface area contributed by atoms with E-state index in [1.54, 1.807) is 47.3 Å². The molecular weight excluding hydrogens is 493 g/mol. The quantitative estimate of drug-likeness (QED) is 0.282. The SMILES string of the molecule is [2H]C(c1ccc(-c2ccc3c(cnn3C)c2)cc1F)N(C(=O)[C@@H]1C[C@@H]2CC[C@H]1C2)c1cccc(/C=C/C(=O)O)c1. The van der Waals surface area contributed by atoms with Crippen LogP contribution in [0.4, 0.5) is 10.1 Å². The molecule has 39 heavy (non-hydrogen) atoms. The van der Waals surface area contributed by atoms with E-state index in [-0.39, 0.29) is 23.3 Å². The maximum absolute atomic E-state index is 15.7. The molecule has 2 saturated carbocycles. The van der Waals surface area contributed by atoms with Crippen LogP contribution in [0.1, 0.15) is 38.2 Å². The Bertz CT molecular complexity index is 1650. The molecule has 1 amide bonds. The average molecular weight is 525 g/mol. The van der Waals surface area contributed by atoms with Crippen LogP contribution >= 0.6 is 0 Å². The number of carboxylic acid groups (broad SMARTS) is 1. The third-order valence-corrected chi connectivity index (χ3v) is 8.21. The standard InChI is InChI=1S/C32H30FN3O3/c1-35-30-11-10-22(16-26(30)18-34-35)23-8-9-25(29(33)17-23)19-36(32(39)28-15-21-5-7-24(28)13-21)27-4-2-3-20(14-27)6-12-31(37)38/h2-4,6,8-12,14,16-18,21,24,28H,5,7,13,15,19H2,1H3,(H,37,38)/b12-6+/t21-,24+,28-/m1/s1/i19D/t19?,21-,24+,28-. The number of carbonyl (C=O) groups is 2. The minimum Gasteiger partial charge on any atom is -0.478 e. The number of halogens is 1. The fourth-order valence-corrected chi connectivity index (χ4v) is 6.23. The van der Waals surface area contributed by atoms with Crippen LogP contribution in [0.15, 0.2) is 72.9 Å². The topological polar surface area (TPSA) is 75.4 Å². The van der Waals surface area contributed by atoms with E-state index < -0.39 is 18.3 Å². The van der Waals surface area contributed by atoms with Crippen molar-refractivity contribution in [2.24, 2.45) is 24.8 Å². The second-order valence-electron chi connectivity index (χ2n) is 10.7. The molecule has 0 saturated heterocycles. The summed E-state index contributed by atoms with van der Waals surface area (Å²) in [6.45, 7) is -1.31. The Hall–Kier alpha value is -4.26. The van der Waals surface area contributed by atoms with E-state index in [0.29, 0.717) is 22.7 Å². The molecular formula is C32H30FN3O3. The summed E-state index contributed by atoms with van der Waals surface area (Å²) in [7, 11) is 1.87. The summed E-state index contributed by atoms with van der Waals surface area (Å²) in [5.74, 6) is -1.18. The smallest absolute Gasteiger partial charge is 0.328 e. The molecule has 7 heteroatoms. The van der Waals surface area contributed by atoms with Crippen LogP contribution in [0.2, 0.25) is 0 Å². The number of hydrogen-bond acceptors (Lipinski definition) is 3. The van der Waals surface area contributed by atoms with Gasteiger partial charge in [0, 0.05) is 35.7 Å². The first-order chi connectivity index (χ1) is 19.3. The van der Waals surface area contributed by atoms with Crippen molar-refractivity contribution in [2.45, 2.75) is 32.2 Å². The molecule has 2 bridgehead atoms. The van der Waals surface area contributed by atoms with Crippen LogP contribution in [0.3, 0.4) is 0 Å². The molecule has 6 nitrogen and oxygen atoms in total. The Balaban J connectivity index is 1.36. The summed E-state index contributed by atoms with van der Waals surface area (Å²) >= 11 is 0. The van der Waals surface area contributed by atoms with Crippen molar-refractivity contribution in [3.05, 3.63) is 89.9 Å². The Morgan fingerprint density at radius 3 is 2.69 bits per heavy atom. The van der Waals surface area contributed by atoms with Crippen LogP contribution in [0, 0.1) is 23.6 Å². The maximum Gasteiger partial charge on any atom is 0.328 e. The summed E-state index contributed by atoms with van der Waals surface area (Å²) in [5, 5.41) is 14.3. The number of carbonyl (C=O) groups excluding carboxylic acids is 1. The second kappa shape index (κ2) is 10.1. The molecule has 2 aliphatic rings. The van der Waals surface area contributed by atoms with Gasteiger partial charge < -0.3 is 10.0 Å². The second-order valence-corrected chi connectivity index (χ2v) is 10.7. The van der Waals surface area contributed by atoms with Gasteiger partial charge in [-0.25, -0.2) is 9.18 Å². The highest BCUT2D eigenvalue weighted by Crippen LogP contribution is 2.49. The lowest BCUT2D eigenvalue weighted by molar-refractivity contribution is -0.131. The lowest BCUT2D eigenvalue weighted by atomic mass is 9.87. The van der Waals surface area contributed by atoms with E-state index >= 15 is 4.39 Å². The number of rotatable bonds is 7. The number of benzene rings is 3. The fourth-order valence-electron chi connectivity index (χ4n) is 6.23. The van der Waals surface area contributed by atoms with E-state index in [4.69, 9.17) is 6.48 Å². The van der Waals surface area contributed by atoms with E-state index in [0.717, 1.165) is 48.2 Å². The summed E-state index contributed by atoms with van der Waals surface area (Å²) in [5.41, 5.74) is 3.62. The normalized spacial score (nSPS) is 21.4. The fraction of sp³-hybridized carbons (Fsp3) is 0.281. The predicted molar refractivity (Wildman–Crippen MR) is 149 cm³/mol. The van der Waals surface area contributed by atoms with Gasteiger partial charge in [0.1, 0.15) is 5.82 Å². The van der Waals surface area contributed by atoms with Crippen molar-refractivity contribution in [1.29, 1.82) is 0 Å². The van der Waals surface area contributed by atoms with Crippen molar-refractivity contribution in [2.75, 3.05) is 4.90 Å². The Kier molecular flexibility index (Phi) is 6.19. The highest BCUT2D eigenvalue weighted by Gasteiger charge is 2.44. The number of aromatic nitrogens is 2. The minimum absolute atomic E-state index is 0.106. The van der Waals surface area contributed by atoms with Gasteiger partial charge in [0.05, 0.1) is 19.6 Å². The first-order valence-corrected chi connectivity index (χ1v) is 13.3. The zero-order chi connectivity index (χ0) is 28.0. The largest absolute Gasteiger partial charge is 0.478 e. The van der Waals surface area contributed by atoms with Gasteiger partial charge in [-0.15, -0.1) is 0 Å². The van der Waals surface area contributed by atoms with Crippen LogP contribution in [0.5, 0.6) is 0 Å². The van der Waals surface area contributed by atoms with Gasteiger partial charge in [-0.1, -0.05) is 36.8 Å². The highest BCUT2D eigenvalue weighted by atomic mass is 19.1. The first-order valence-electron chi connectivity index (χ1n) is 13.8. The van der Waals surface area contributed by atoms with Crippen molar-refractivity contribution in [3.63, 3.8) is 0 Å². The number of aliphatic carboxylic acids is 1. The van der Waals surface area contributed by atoms with E-state index in [1.807, 2.05) is 25.2 Å². The lowest BCUT2D eigenvalue weighted by Crippen LogP contribution is -2.38. The first kappa shape index (κ1) is 23.8. The summed E-state index contributed by atoms with van der Waals surface area (Å²) < 4.78 is 26.6. The van der Waals surface area contributed by atoms with Crippen LogP contribution in [-0.2, 0) is 23.2 Å². The molecule has 1 aromatic heterocycles. The van der Waals surface area contributed by atoms with Gasteiger partial charge in [0.2, 0.25) is 5.91 Å². The molecule has 2 aliphatic carbocycles. The maximum atomic E-state index is 15.7. The third-order valence-electron chi connectivity index (χ3n) is 8.21. The zero-order valence-corrected chi connectivity index (χ0v) is 21.6. The van der Waals surface area contributed by atoms with Gasteiger partial charge in [0.25, 0.3) is 0 Å². The van der Waals surface area contributed by atoms with Crippen LogP contribution in [-0.4, -0.2) is 26.8 Å². The summed E-state index contributed by atoms with van der Waals surface area (Å²) in [6, 6.07) is 17.5. The monoisotopic (exact) mass is 524 g/mol. The average Bonchev–Trinajstić information content (AvgIpc) is 3.68. The number of fused-ring (bicyclic) bond motifs is 3. The molecule has 1 unspecified atom stereocenters. The third kappa shape index (κ3) is 4.97. The van der Waals surface area contributed by atoms with Crippen molar-refractivity contribution in [3.8, 4) is 11.1 Å². The van der Waals surface area contributed by atoms with Gasteiger partial charge in [-0.2, -0.15) is 5.10 Å². The number of carboxylic acids is 1. The van der Waals surface area contributed by atoms with E-state index in [1.165, 1.54) is 17.0 Å². The van der Waals surface area contributed by atoms with E-state index in [2.05, 4.69) is 5.10 Å². The van der Waals surface area contributed by atoms with Gasteiger partial charge in [-0.05, 0) is 84.2 Å². The number of nitrogens with zero attached hydrogens (tertiary/aromatic N) is 3. The molecule has 0 spiro atoms. The minimum atomic E-state index is -1.31. The van der Waals surface area contributed by atoms with Crippen LogP contribution in [0.25, 0.3) is 28.1 Å². The molecule has 2 fully saturated rings. The van der Waals surface area contributed by atoms with Gasteiger partial charge in [0.15, 0.2) is 0 Å². The highest BCUT2D eigenvalue weighted by molar-refractivity contribution is 5.96. The molecule has 0 aliphatic heterocycles. The molecule has 0 radical (unpaired) electrons. The number of anilines is 1. The Labute approximate surface area is 227 Å². The van der Waals surface area contributed by atoms with E-state index in [9.17, 15) is 9.59 Å². The number of aryl methyl sites for hydroxylation is 1. The summed E-state index contributed by atoms with van der Waals surface area (Å²) in [4.78, 5) is 26.5. The molecule has 198 valence electrons. The van der Waals surface area contributed by atoms with Crippen molar-refractivity contribution in [1.82, 2.24) is 9.78 Å². The number of amides is 1. The zero-order valence-electron chi connectivity index (χ0n) is 22.6. The molecule has 3 aromatic carbocycles. The Morgan fingerprint density at radius 2 is 1.95 bits per heavy atom. The molecule has 6 rings (SSSR count). The Morgan fingerprint density at radius 1 is 1.13 bits per heavy atom. The van der Waals surface area contributed by atoms with Gasteiger partial charge >= 0.3 is 5.97 Å². The number of hydrogen-bond donors (Lipinski definition) is 1. The molecule has 1 N–H and O–H groups in total. The van der Waals surface area contributed by atoms with Gasteiger partial charge in [-0.3, -0.25) is 9.48 Å². The van der Waals surface area contributed by atoms with Crippen molar-refractivity contribution >= 4 is 34.5 Å².